The van der Waals surface area contributed by atoms with Crippen molar-refractivity contribution in [1.82, 2.24) is 0 Å². The van der Waals surface area contributed by atoms with E-state index in [0.717, 1.165) is 6.42 Å². The number of hydrogen-bond acceptors (Lipinski definition) is 1. The van der Waals surface area contributed by atoms with E-state index in [4.69, 9.17) is 5.11 Å². The van der Waals surface area contributed by atoms with Crippen LogP contribution in [0.15, 0.2) is 0 Å². The molecule has 2 heteroatoms. The molecule has 1 unspecified atom stereocenters. The molecule has 1 nitrogen and oxygen atoms in total. The third-order valence-electron chi connectivity index (χ3n) is 1.80. The van der Waals surface area contributed by atoms with Gasteiger partial charge in [-0.15, -0.1) is 0 Å². The topological polar surface area (TPSA) is 20.2 Å². The van der Waals surface area contributed by atoms with Crippen LogP contribution in [-0.4, -0.2) is 34.8 Å². The molecule has 60 valence electrons. The Morgan fingerprint density at radius 1 is 1.40 bits per heavy atom. The molecule has 0 aliphatic carbocycles. The van der Waals surface area contributed by atoms with Crippen LogP contribution in [0.5, 0.6) is 0 Å². The first-order valence-corrected chi connectivity index (χ1v) is 3.96. The fourth-order valence-electron chi connectivity index (χ4n) is 0.917. The Labute approximate surface area is 83.3 Å². The fourth-order valence-corrected chi connectivity index (χ4v) is 0.917. The monoisotopic (exact) mass is 156 g/mol. The molecule has 0 aromatic rings. The van der Waals surface area contributed by atoms with Crippen molar-refractivity contribution in [3.8, 4) is 0 Å². The van der Waals surface area contributed by atoms with E-state index in [-0.39, 0.29) is 25.9 Å². The predicted octanol–water partition coefficient (Wildman–Crippen LogP) is 2.04. The van der Waals surface area contributed by atoms with E-state index in [9.17, 15) is 0 Å². The van der Waals surface area contributed by atoms with Gasteiger partial charge in [-0.25, -0.2) is 0 Å². The van der Waals surface area contributed by atoms with Gasteiger partial charge in [-0.1, -0.05) is 33.1 Å². The molecule has 0 saturated heterocycles. The van der Waals surface area contributed by atoms with Gasteiger partial charge < -0.3 is 7.96 Å². The average molecular weight is 157 g/mol. The summed E-state index contributed by atoms with van der Waals surface area (Å²) in [5.74, 6) is 0.560. The van der Waals surface area contributed by atoms with Crippen molar-refractivity contribution < 1.29 is 7.96 Å². The summed E-state index contributed by atoms with van der Waals surface area (Å²) in [4.78, 5) is 0. The van der Waals surface area contributed by atoms with Crippen molar-refractivity contribution in [3.05, 3.63) is 0 Å². The van der Waals surface area contributed by atoms with E-state index in [1.54, 1.807) is 0 Å². The van der Waals surface area contributed by atoms with Gasteiger partial charge in [0.25, 0.3) is 0 Å². The molecule has 0 aliphatic heterocycles. The molecule has 0 aromatic carbocycles. The van der Waals surface area contributed by atoms with Crippen LogP contribution in [-0.2, 0) is 0 Å². The maximum atomic E-state index is 8.75. The Balaban J connectivity index is -0.000000107. The van der Waals surface area contributed by atoms with E-state index in [1.807, 2.05) is 0 Å². The molecular weight excluding hydrogens is 136 g/mol. The molecule has 1 atom stereocenters. The van der Waals surface area contributed by atoms with Gasteiger partial charge in [0.2, 0.25) is 0 Å². The van der Waals surface area contributed by atoms with Gasteiger partial charge in [0.15, 0.2) is 0 Å². The summed E-state index contributed by atoms with van der Waals surface area (Å²) < 4.78 is 0. The van der Waals surface area contributed by atoms with E-state index >= 15 is 0 Å². The minimum Gasteiger partial charge on any atom is -1.00 e. The zero-order valence-corrected chi connectivity index (χ0v) is 8.68. The number of aliphatic hydroxyl groups is 1. The Morgan fingerprint density at radius 3 is 2.30 bits per heavy atom. The third kappa shape index (κ3) is 6.84. The van der Waals surface area contributed by atoms with Crippen molar-refractivity contribution >= 4 is 23.1 Å². The normalized spacial score (nSPS) is 12.3. The molecule has 0 rings (SSSR count). The van der Waals surface area contributed by atoms with Crippen LogP contribution in [0.3, 0.4) is 0 Å². The van der Waals surface area contributed by atoms with Crippen molar-refractivity contribution in [1.29, 1.82) is 0 Å². The van der Waals surface area contributed by atoms with Crippen LogP contribution in [0, 0.1) is 5.92 Å². The number of aliphatic hydroxyl groups excluding tert-OH is 1. The van der Waals surface area contributed by atoms with Gasteiger partial charge in [0, 0.05) is 6.61 Å². The van der Waals surface area contributed by atoms with Crippen LogP contribution in [0.2, 0.25) is 0 Å². The number of rotatable bonds is 5. The number of hydrogen-bond donors (Lipinski definition) is 1. The van der Waals surface area contributed by atoms with E-state index in [0.29, 0.717) is 12.5 Å². The second-order valence-corrected chi connectivity index (χ2v) is 2.60. The smallest absolute Gasteiger partial charge is 1.00 e. The molecule has 10 heavy (non-hydrogen) atoms. The fraction of sp³-hybridized carbons (Fsp3) is 1.00. The largest absolute Gasteiger partial charge is 2.00 e. The summed E-state index contributed by atoms with van der Waals surface area (Å²) in [6.45, 7) is 4.69. The molecule has 0 bridgehead atoms. The van der Waals surface area contributed by atoms with Crippen molar-refractivity contribution in [3.63, 3.8) is 0 Å². The summed E-state index contributed by atoms with van der Waals surface area (Å²) in [5.41, 5.74) is 0. The summed E-state index contributed by atoms with van der Waals surface area (Å²) in [7, 11) is 0. The molecule has 0 fully saturated rings. The van der Waals surface area contributed by atoms with Crippen molar-refractivity contribution in [2.45, 2.75) is 39.5 Å². The Kier molecular flexibility index (Phi) is 13.0. The van der Waals surface area contributed by atoms with E-state index in [1.165, 1.54) is 19.3 Å². The maximum Gasteiger partial charge on any atom is 2.00 e. The summed E-state index contributed by atoms with van der Waals surface area (Å²) >= 11 is 0. The van der Waals surface area contributed by atoms with Crippen LogP contribution >= 0.6 is 0 Å². The molecule has 0 heterocycles. The van der Waals surface area contributed by atoms with Gasteiger partial charge >= 0.3 is 23.1 Å². The quantitative estimate of drug-likeness (QED) is 0.604. The van der Waals surface area contributed by atoms with Crippen LogP contribution in [0.25, 0.3) is 0 Å². The average Bonchev–Trinajstić information content (AvgIpc) is 1.91. The second-order valence-electron chi connectivity index (χ2n) is 2.60. The summed E-state index contributed by atoms with van der Waals surface area (Å²) in [6.07, 6.45) is 4.83. The standard InChI is InChI=1S/C8H18O.Mg.2H/c1-3-5-6-8(4-2)7-9;;;/h8-9H,3-7H2,1-2H3;;;/q;+2;2*-1. The Hall–Kier alpha value is 0.726. The second kappa shape index (κ2) is 9.73. The zero-order chi connectivity index (χ0) is 7.11. The van der Waals surface area contributed by atoms with Crippen LogP contribution in [0.1, 0.15) is 42.4 Å². The molecular formula is C8H20MgO. The van der Waals surface area contributed by atoms with Crippen molar-refractivity contribution in [2.75, 3.05) is 6.61 Å². The van der Waals surface area contributed by atoms with Gasteiger partial charge in [-0.2, -0.15) is 0 Å². The summed E-state index contributed by atoms with van der Waals surface area (Å²) in [5, 5.41) is 8.75. The Morgan fingerprint density at radius 2 is 2.00 bits per heavy atom. The van der Waals surface area contributed by atoms with Gasteiger partial charge in [-0.05, 0) is 12.3 Å². The molecule has 0 aliphatic rings. The first kappa shape index (κ1) is 13.3. The molecule has 0 radical (unpaired) electrons. The van der Waals surface area contributed by atoms with Gasteiger partial charge in [-0.3, -0.25) is 0 Å². The zero-order valence-electron chi connectivity index (χ0n) is 9.27. The van der Waals surface area contributed by atoms with Crippen LogP contribution in [0.4, 0.5) is 0 Å². The van der Waals surface area contributed by atoms with Crippen molar-refractivity contribution in [2.24, 2.45) is 5.92 Å². The molecule has 0 spiro atoms. The molecule has 1 N–H and O–H groups in total. The van der Waals surface area contributed by atoms with E-state index in [2.05, 4.69) is 13.8 Å². The molecule has 0 amide bonds. The van der Waals surface area contributed by atoms with E-state index < -0.39 is 0 Å². The number of unbranched alkanes of at least 4 members (excludes halogenated alkanes) is 1. The third-order valence-corrected chi connectivity index (χ3v) is 1.80. The first-order valence-electron chi connectivity index (χ1n) is 3.96. The van der Waals surface area contributed by atoms with Gasteiger partial charge in [0.05, 0.1) is 0 Å². The van der Waals surface area contributed by atoms with Crippen LogP contribution < -0.4 is 0 Å². The minimum absolute atomic E-state index is 0. The predicted molar refractivity (Wildman–Crippen MR) is 48.4 cm³/mol. The van der Waals surface area contributed by atoms with Gasteiger partial charge in [0.1, 0.15) is 0 Å². The molecule has 0 aromatic heterocycles. The first-order chi connectivity index (χ1) is 4.35. The Bertz CT molecular complexity index is 61.0. The SMILES string of the molecule is CCCCC(CC)CO.[H-].[H-].[Mg+2]. The minimum atomic E-state index is 0. The maximum absolute atomic E-state index is 8.75. The summed E-state index contributed by atoms with van der Waals surface area (Å²) in [6, 6.07) is 0. The molecule has 0 saturated carbocycles.